The summed E-state index contributed by atoms with van der Waals surface area (Å²) in [4.78, 5) is 12.5. The van der Waals surface area contributed by atoms with Crippen LogP contribution in [-0.2, 0) is 4.79 Å². The van der Waals surface area contributed by atoms with Gasteiger partial charge in [-0.05, 0) is 38.5 Å². The Hall–Kier alpha value is -0.950. The van der Waals surface area contributed by atoms with E-state index in [9.17, 15) is 25.2 Å². The highest BCUT2D eigenvalue weighted by molar-refractivity contribution is 5.80. The zero-order chi connectivity index (χ0) is 38.9. The van der Waals surface area contributed by atoms with Crippen LogP contribution in [0.1, 0.15) is 251 Å². The Morgan fingerprint density at radius 3 is 1.09 bits per heavy atom. The molecule has 6 heteroatoms. The second kappa shape index (κ2) is 42.2. The highest BCUT2D eigenvalue weighted by Gasteiger charge is 2.28. The maximum absolute atomic E-state index is 12.5. The Morgan fingerprint density at radius 1 is 0.453 bits per heavy atom. The number of rotatable bonds is 43. The van der Waals surface area contributed by atoms with E-state index in [2.05, 4.69) is 31.3 Å². The van der Waals surface area contributed by atoms with E-state index >= 15 is 0 Å². The van der Waals surface area contributed by atoms with Gasteiger partial charge in [0.15, 0.2) is 0 Å². The van der Waals surface area contributed by atoms with Crippen molar-refractivity contribution in [2.75, 3.05) is 6.61 Å². The minimum Gasteiger partial charge on any atom is -0.394 e. The molecular formula is C47H93NO5. The van der Waals surface area contributed by atoms with Crippen LogP contribution in [0, 0.1) is 0 Å². The maximum atomic E-state index is 12.5. The van der Waals surface area contributed by atoms with Gasteiger partial charge in [0.2, 0.25) is 5.91 Å². The number of aliphatic hydroxyl groups excluding tert-OH is 4. The van der Waals surface area contributed by atoms with Crippen LogP contribution in [0.5, 0.6) is 0 Å². The van der Waals surface area contributed by atoms with Gasteiger partial charge in [-0.3, -0.25) is 4.79 Å². The van der Waals surface area contributed by atoms with Crippen LogP contribution in [0.15, 0.2) is 12.2 Å². The second-order valence-electron chi connectivity index (χ2n) is 16.5. The van der Waals surface area contributed by atoms with Crippen molar-refractivity contribution in [1.82, 2.24) is 5.32 Å². The second-order valence-corrected chi connectivity index (χ2v) is 16.5. The molecule has 1 amide bonds. The Morgan fingerprint density at radius 2 is 0.755 bits per heavy atom. The summed E-state index contributed by atoms with van der Waals surface area (Å²) < 4.78 is 0. The minimum atomic E-state index is -1.26. The first-order valence-corrected chi connectivity index (χ1v) is 23.6. The van der Waals surface area contributed by atoms with Gasteiger partial charge in [0.25, 0.3) is 0 Å². The first kappa shape index (κ1) is 52.0. The number of aliphatic hydroxyl groups is 4. The number of carbonyl (C=O) groups is 1. The summed E-state index contributed by atoms with van der Waals surface area (Å²) >= 11 is 0. The number of carbonyl (C=O) groups excluding carboxylic acids is 1. The molecule has 0 rings (SSSR count). The molecule has 0 aromatic rings. The van der Waals surface area contributed by atoms with E-state index in [0.29, 0.717) is 12.8 Å². The molecule has 0 aliphatic carbocycles. The van der Waals surface area contributed by atoms with Crippen molar-refractivity contribution in [3.8, 4) is 0 Å². The van der Waals surface area contributed by atoms with Gasteiger partial charge < -0.3 is 25.7 Å². The predicted octanol–water partition coefficient (Wildman–Crippen LogP) is 12.6. The summed E-state index contributed by atoms with van der Waals surface area (Å²) in [6.07, 6.45) is 46.7. The van der Waals surface area contributed by atoms with Gasteiger partial charge in [-0.25, -0.2) is 0 Å². The molecule has 0 saturated carbocycles. The first-order chi connectivity index (χ1) is 26.0. The fourth-order valence-electron chi connectivity index (χ4n) is 7.46. The molecule has 0 aromatic carbocycles. The minimum absolute atomic E-state index is 0.358. The van der Waals surface area contributed by atoms with Crippen LogP contribution in [0.4, 0.5) is 0 Å². The van der Waals surface area contributed by atoms with Crippen molar-refractivity contribution in [3.63, 3.8) is 0 Å². The molecular weight excluding hydrogens is 659 g/mol. The Kier molecular flexibility index (Phi) is 41.4. The molecule has 0 spiro atoms. The smallest absolute Gasteiger partial charge is 0.249 e. The van der Waals surface area contributed by atoms with Crippen LogP contribution >= 0.6 is 0 Å². The van der Waals surface area contributed by atoms with Crippen LogP contribution < -0.4 is 5.32 Å². The quantitative estimate of drug-likeness (QED) is 0.0315. The van der Waals surface area contributed by atoms with Gasteiger partial charge in [-0.2, -0.15) is 0 Å². The van der Waals surface area contributed by atoms with E-state index in [1.54, 1.807) is 0 Å². The lowest BCUT2D eigenvalue weighted by Gasteiger charge is -2.27. The number of allylic oxidation sites excluding steroid dienone is 2. The highest BCUT2D eigenvalue weighted by atomic mass is 16.3. The fraction of sp³-hybridized carbons (Fsp3) is 0.936. The van der Waals surface area contributed by atoms with Crippen LogP contribution in [-0.4, -0.2) is 57.3 Å². The Labute approximate surface area is 330 Å². The van der Waals surface area contributed by atoms with Crippen LogP contribution in [0.3, 0.4) is 0 Å². The first-order valence-electron chi connectivity index (χ1n) is 23.6. The topological polar surface area (TPSA) is 110 Å². The molecule has 0 heterocycles. The third kappa shape index (κ3) is 36.4. The standard InChI is InChI=1S/C47H93NO5/c1-3-5-7-9-11-13-15-17-19-21-22-23-25-26-28-30-32-34-36-38-40-44(50)46(52)43(42-49)48-47(53)45(51)41-39-37-35-33-31-29-27-24-20-18-16-14-12-10-8-6-4-2/h27,29,43-46,49-52H,3-26,28,30-42H2,1-2H3,(H,48,53)/b29-27-. The molecule has 0 bridgehead atoms. The summed E-state index contributed by atoms with van der Waals surface area (Å²) in [5, 5.41) is 43.8. The molecule has 0 radical (unpaired) electrons. The number of unbranched alkanes of at least 4 members (excludes halogenated alkanes) is 32. The average Bonchev–Trinajstić information content (AvgIpc) is 3.16. The molecule has 0 aliphatic heterocycles. The lowest BCUT2D eigenvalue weighted by Crippen LogP contribution is -2.53. The van der Waals surface area contributed by atoms with Crippen molar-refractivity contribution < 1.29 is 25.2 Å². The molecule has 0 saturated heterocycles. The van der Waals surface area contributed by atoms with Crippen molar-refractivity contribution in [1.29, 1.82) is 0 Å². The van der Waals surface area contributed by atoms with Crippen molar-refractivity contribution in [2.45, 2.75) is 276 Å². The largest absolute Gasteiger partial charge is 0.394 e. The molecule has 316 valence electrons. The fourth-order valence-corrected chi connectivity index (χ4v) is 7.46. The number of nitrogens with one attached hydrogen (secondary N) is 1. The van der Waals surface area contributed by atoms with Crippen LogP contribution in [0.2, 0.25) is 0 Å². The molecule has 4 unspecified atom stereocenters. The SMILES string of the molecule is CCCCCCCCCCC/C=C\CCCCCCC(O)C(=O)NC(CO)C(O)C(O)CCCCCCCCCCCCCCCCCCCCCC. The normalized spacial score (nSPS) is 14.2. The summed E-state index contributed by atoms with van der Waals surface area (Å²) in [6.45, 7) is 4.06. The molecule has 53 heavy (non-hydrogen) atoms. The van der Waals surface area contributed by atoms with E-state index in [0.717, 1.165) is 51.4 Å². The van der Waals surface area contributed by atoms with Crippen molar-refractivity contribution in [3.05, 3.63) is 12.2 Å². The maximum Gasteiger partial charge on any atom is 0.249 e. The molecule has 4 atom stereocenters. The third-order valence-electron chi connectivity index (χ3n) is 11.2. The number of hydrogen-bond donors (Lipinski definition) is 5. The van der Waals surface area contributed by atoms with Gasteiger partial charge in [0, 0.05) is 0 Å². The summed E-state index contributed by atoms with van der Waals surface area (Å²) in [6, 6.07) is -0.986. The lowest BCUT2D eigenvalue weighted by molar-refractivity contribution is -0.132. The molecule has 0 aromatic heterocycles. The van der Waals surface area contributed by atoms with E-state index in [1.165, 1.54) is 173 Å². The van der Waals surface area contributed by atoms with Gasteiger partial charge >= 0.3 is 0 Å². The Bertz CT molecular complexity index is 761. The Balaban J connectivity index is 3.70. The van der Waals surface area contributed by atoms with Gasteiger partial charge in [-0.1, -0.05) is 225 Å². The highest BCUT2D eigenvalue weighted by Crippen LogP contribution is 2.17. The molecule has 0 fully saturated rings. The zero-order valence-corrected chi connectivity index (χ0v) is 35.5. The average molecular weight is 752 g/mol. The predicted molar refractivity (Wildman–Crippen MR) is 228 cm³/mol. The summed E-state index contributed by atoms with van der Waals surface area (Å²) in [5.41, 5.74) is 0. The van der Waals surface area contributed by atoms with E-state index < -0.39 is 36.9 Å². The monoisotopic (exact) mass is 752 g/mol. The van der Waals surface area contributed by atoms with Crippen molar-refractivity contribution in [2.24, 2.45) is 0 Å². The number of hydrogen-bond acceptors (Lipinski definition) is 5. The van der Waals surface area contributed by atoms with E-state index in [-0.39, 0.29) is 0 Å². The van der Waals surface area contributed by atoms with Crippen LogP contribution in [0.25, 0.3) is 0 Å². The van der Waals surface area contributed by atoms with Gasteiger partial charge in [0.05, 0.1) is 18.8 Å². The summed E-state index contributed by atoms with van der Waals surface area (Å²) in [7, 11) is 0. The zero-order valence-electron chi connectivity index (χ0n) is 35.5. The summed E-state index contributed by atoms with van der Waals surface area (Å²) in [5.74, 6) is -0.589. The lowest BCUT2D eigenvalue weighted by atomic mass is 9.99. The van der Waals surface area contributed by atoms with Gasteiger partial charge in [-0.15, -0.1) is 0 Å². The van der Waals surface area contributed by atoms with Gasteiger partial charge in [0.1, 0.15) is 12.2 Å². The third-order valence-corrected chi connectivity index (χ3v) is 11.2. The number of amides is 1. The van der Waals surface area contributed by atoms with E-state index in [4.69, 9.17) is 0 Å². The molecule has 6 nitrogen and oxygen atoms in total. The molecule has 5 N–H and O–H groups in total. The van der Waals surface area contributed by atoms with Crippen molar-refractivity contribution >= 4 is 5.91 Å². The van der Waals surface area contributed by atoms with E-state index in [1.807, 2.05) is 0 Å². The molecule has 0 aliphatic rings.